The number of rotatable bonds is 6. The molecule has 1 amide bonds. The number of hydrogen-bond acceptors (Lipinski definition) is 6. The Bertz CT molecular complexity index is 374. The zero-order chi connectivity index (χ0) is 16.6. The Kier molecular flexibility index (Phi) is 8.38. The van der Waals surface area contributed by atoms with E-state index in [9.17, 15) is 9.59 Å². The number of epoxide rings is 1. The predicted molar refractivity (Wildman–Crippen MR) is 94.0 cm³/mol. The van der Waals surface area contributed by atoms with Gasteiger partial charge in [0.15, 0.2) is 5.78 Å². The Balaban J connectivity index is 0. The van der Waals surface area contributed by atoms with Gasteiger partial charge in [-0.1, -0.05) is 20.8 Å². The molecule has 0 aromatic heterocycles. The summed E-state index contributed by atoms with van der Waals surface area (Å²) in [5.41, 5.74) is 2.42. The zero-order valence-corrected chi connectivity index (χ0v) is 14.9. The van der Waals surface area contributed by atoms with Gasteiger partial charge in [-0.3, -0.25) is 9.59 Å². The molecule has 0 saturated carbocycles. The molecule has 132 valence electrons. The van der Waals surface area contributed by atoms with Crippen molar-refractivity contribution in [2.75, 3.05) is 44.3 Å². The first-order chi connectivity index (χ1) is 10.3. The number of Topliss-reactive ketones (excluding diaryl/α,β-unsaturated/α-hetero) is 1. The van der Waals surface area contributed by atoms with Crippen LogP contribution in [0.3, 0.4) is 0 Å². The summed E-state index contributed by atoms with van der Waals surface area (Å²) in [6.07, 6.45) is 0. The van der Waals surface area contributed by atoms with Gasteiger partial charge in [-0.05, 0) is 12.8 Å². The highest BCUT2D eigenvalue weighted by molar-refractivity contribution is 7.99. The molecule has 0 unspecified atom stereocenters. The normalized spacial score (nSPS) is 24.4. The quantitative estimate of drug-likeness (QED) is 0.710. The number of ketones is 1. The van der Waals surface area contributed by atoms with E-state index in [0.29, 0.717) is 6.61 Å². The van der Waals surface area contributed by atoms with Gasteiger partial charge in [0, 0.05) is 27.4 Å². The van der Waals surface area contributed by atoms with E-state index in [1.54, 1.807) is 6.92 Å². The fourth-order valence-corrected chi connectivity index (χ4v) is 2.51. The number of hydrogen-bond donors (Lipinski definition) is 2. The summed E-state index contributed by atoms with van der Waals surface area (Å²) in [7, 11) is 0. The highest BCUT2D eigenvalue weighted by Crippen LogP contribution is 2.26. The summed E-state index contributed by atoms with van der Waals surface area (Å²) in [5.74, 6) is 2.78. The van der Waals surface area contributed by atoms with Crippen molar-refractivity contribution in [2.45, 2.75) is 33.3 Å². The second kappa shape index (κ2) is 9.50. The lowest BCUT2D eigenvalue weighted by molar-refractivity contribution is -0.127. The molecule has 1 atom stereocenters. The van der Waals surface area contributed by atoms with Gasteiger partial charge in [0.05, 0.1) is 19.7 Å². The van der Waals surface area contributed by atoms with E-state index in [1.807, 2.05) is 16.8 Å². The summed E-state index contributed by atoms with van der Waals surface area (Å²) in [5, 5.41) is 4.65. The maximum atomic E-state index is 11.6. The van der Waals surface area contributed by atoms with Crippen LogP contribution in [0, 0.1) is 5.92 Å². The van der Waals surface area contributed by atoms with Crippen LogP contribution in [-0.2, 0) is 14.3 Å². The SMILES string of the molecule is CC(C)C.C[C@]1(C(=O)CNC(=O)CNN2CCSCC2)CO1.[HH].[HH]. The highest BCUT2D eigenvalue weighted by Gasteiger charge is 2.46. The van der Waals surface area contributed by atoms with E-state index in [2.05, 4.69) is 31.5 Å². The average molecular weight is 336 g/mol. The van der Waals surface area contributed by atoms with Crippen LogP contribution in [0.15, 0.2) is 0 Å². The molecule has 6 nitrogen and oxygen atoms in total. The van der Waals surface area contributed by atoms with Crippen LogP contribution in [0.25, 0.3) is 0 Å². The number of hydrazine groups is 1. The molecule has 2 aliphatic heterocycles. The smallest absolute Gasteiger partial charge is 0.235 e. The van der Waals surface area contributed by atoms with Gasteiger partial charge in [-0.2, -0.15) is 11.8 Å². The molecule has 2 rings (SSSR count). The molecule has 2 fully saturated rings. The Morgan fingerprint density at radius 3 is 2.32 bits per heavy atom. The Labute approximate surface area is 140 Å². The third-order valence-electron chi connectivity index (χ3n) is 3.09. The third kappa shape index (κ3) is 8.12. The van der Waals surface area contributed by atoms with Crippen LogP contribution in [0.5, 0.6) is 0 Å². The minimum Gasteiger partial charge on any atom is -0.362 e. The van der Waals surface area contributed by atoms with Crippen molar-refractivity contribution in [3.05, 3.63) is 0 Å². The second-order valence-electron chi connectivity index (χ2n) is 6.39. The van der Waals surface area contributed by atoms with Crippen molar-refractivity contribution in [1.29, 1.82) is 0 Å². The summed E-state index contributed by atoms with van der Waals surface area (Å²) in [6, 6.07) is 0. The molecule has 0 aromatic rings. The number of nitrogens with zero attached hydrogens (tertiary/aromatic N) is 1. The lowest BCUT2D eigenvalue weighted by Gasteiger charge is -2.26. The first kappa shape index (κ1) is 19.4. The largest absolute Gasteiger partial charge is 0.362 e. The molecule has 0 aliphatic carbocycles. The second-order valence-corrected chi connectivity index (χ2v) is 7.61. The van der Waals surface area contributed by atoms with Gasteiger partial charge in [0.2, 0.25) is 5.91 Å². The van der Waals surface area contributed by atoms with Gasteiger partial charge in [0.25, 0.3) is 0 Å². The molecule has 0 spiro atoms. The maximum absolute atomic E-state index is 11.6. The fourth-order valence-electron chi connectivity index (χ4n) is 1.60. The molecule has 2 aliphatic rings. The molecule has 2 heterocycles. The van der Waals surface area contributed by atoms with Gasteiger partial charge >= 0.3 is 0 Å². The summed E-state index contributed by atoms with van der Waals surface area (Å²) < 4.78 is 5.02. The number of carbonyl (C=O) groups excluding carboxylic acids is 2. The lowest BCUT2D eigenvalue weighted by atomic mass is 10.1. The van der Waals surface area contributed by atoms with Crippen molar-refractivity contribution in [3.8, 4) is 0 Å². The molecule has 7 heteroatoms. The maximum Gasteiger partial charge on any atom is 0.235 e. The topological polar surface area (TPSA) is 74.0 Å². The standard InChI is InChI=1S/C11H19N3O3S.C4H10.2H2/c1-11(8-17-11)9(15)6-12-10(16)7-13-14-2-4-18-5-3-14;1-4(2)3;;/h13H,2-8H2,1H3,(H,12,16);4H,1-3H3;2*1H/t11-;;;/m1.../s1. The average Bonchev–Trinajstić information content (AvgIpc) is 3.22. The molecule has 2 saturated heterocycles. The number of thioether (sulfide) groups is 1. The summed E-state index contributed by atoms with van der Waals surface area (Å²) >= 11 is 1.92. The van der Waals surface area contributed by atoms with Crippen molar-refractivity contribution in [1.82, 2.24) is 15.8 Å². The molecular weight excluding hydrogens is 302 g/mol. The van der Waals surface area contributed by atoms with Crippen LogP contribution in [-0.4, -0.2) is 66.6 Å². The van der Waals surface area contributed by atoms with Crippen LogP contribution in [0.2, 0.25) is 0 Å². The van der Waals surface area contributed by atoms with Crippen molar-refractivity contribution in [3.63, 3.8) is 0 Å². The highest BCUT2D eigenvalue weighted by atomic mass is 32.2. The summed E-state index contributed by atoms with van der Waals surface area (Å²) in [4.78, 5) is 23.1. The third-order valence-corrected chi connectivity index (χ3v) is 4.03. The van der Waals surface area contributed by atoms with Crippen LogP contribution in [0.1, 0.15) is 30.5 Å². The first-order valence-corrected chi connectivity index (χ1v) is 8.99. The number of carbonyl (C=O) groups is 2. The Morgan fingerprint density at radius 2 is 1.82 bits per heavy atom. The van der Waals surface area contributed by atoms with Crippen LogP contribution in [0.4, 0.5) is 0 Å². The van der Waals surface area contributed by atoms with E-state index in [4.69, 9.17) is 4.74 Å². The predicted octanol–water partition coefficient (Wildman–Crippen LogP) is 1.17. The molecular formula is C15H33N3O3S. The number of nitrogens with one attached hydrogen (secondary N) is 2. The number of amides is 1. The van der Waals surface area contributed by atoms with Crippen LogP contribution >= 0.6 is 11.8 Å². The monoisotopic (exact) mass is 335 g/mol. The summed E-state index contributed by atoms with van der Waals surface area (Å²) in [6.45, 7) is 10.9. The molecule has 0 bridgehead atoms. The Hall–Kier alpha value is -0.630. The molecule has 0 radical (unpaired) electrons. The molecule has 2 N–H and O–H groups in total. The van der Waals surface area contributed by atoms with Gasteiger partial charge in [-0.15, -0.1) is 0 Å². The minimum atomic E-state index is -0.648. The van der Waals surface area contributed by atoms with Gasteiger partial charge in [-0.25, -0.2) is 10.4 Å². The molecule has 22 heavy (non-hydrogen) atoms. The van der Waals surface area contributed by atoms with E-state index >= 15 is 0 Å². The van der Waals surface area contributed by atoms with Gasteiger partial charge in [0.1, 0.15) is 5.60 Å². The van der Waals surface area contributed by atoms with E-state index in [1.165, 1.54) is 0 Å². The van der Waals surface area contributed by atoms with Crippen molar-refractivity contribution in [2.24, 2.45) is 5.92 Å². The number of ether oxygens (including phenoxy) is 1. The van der Waals surface area contributed by atoms with E-state index in [-0.39, 0.29) is 27.6 Å². The molecule has 0 aromatic carbocycles. The first-order valence-electron chi connectivity index (χ1n) is 7.83. The Morgan fingerprint density at radius 1 is 1.27 bits per heavy atom. The van der Waals surface area contributed by atoms with Crippen molar-refractivity contribution < 1.29 is 17.2 Å². The zero-order valence-electron chi connectivity index (χ0n) is 14.1. The van der Waals surface area contributed by atoms with Gasteiger partial charge < -0.3 is 10.1 Å². The lowest BCUT2D eigenvalue weighted by Crippen LogP contribution is -2.48. The minimum absolute atomic E-state index is 0. The van der Waals surface area contributed by atoms with E-state index in [0.717, 1.165) is 30.5 Å². The van der Waals surface area contributed by atoms with Crippen molar-refractivity contribution >= 4 is 23.5 Å². The van der Waals surface area contributed by atoms with E-state index < -0.39 is 5.60 Å². The fraction of sp³-hybridized carbons (Fsp3) is 0.867. The van der Waals surface area contributed by atoms with Crippen LogP contribution < -0.4 is 10.7 Å².